The van der Waals surface area contributed by atoms with Gasteiger partial charge in [0.15, 0.2) is 12.6 Å². The number of ether oxygens (including phenoxy) is 1. The van der Waals surface area contributed by atoms with Crippen molar-refractivity contribution in [3.63, 3.8) is 0 Å². The van der Waals surface area contributed by atoms with Crippen LogP contribution in [0.15, 0.2) is 48.5 Å². The van der Waals surface area contributed by atoms with Gasteiger partial charge in [-0.3, -0.25) is 4.79 Å². The molecule has 1 unspecified atom stereocenters. The molecule has 0 fully saturated rings. The van der Waals surface area contributed by atoms with Crippen LogP contribution in [0.5, 0.6) is 0 Å². The number of benzene rings is 2. The van der Waals surface area contributed by atoms with Crippen molar-refractivity contribution in [2.45, 2.75) is 25.6 Å². The average Bonchev–Trinajstić information content (AvgIpc) is 2.71. The van der Waals surface area contributed by atoms with E-state index in [1.165, 1.54) is 12.7 Å². The Morgan fingerprint density at radius 2 is 1.79 bits per heavy atom. The fourth-order valence-corrected chi connectivity index (χ4v) is 3.62. The number of nitrogens with one attached hydrogen (secondary N) is 2. The molecule has 6 nitrogen and oxygen atoms in total. The maximum Gasteiger partial charge on any atom is 0.365 e. The zero-order valence-electron chi connectivity index (χ0n) is 16.7. The highest BCUT2D eigenvalue weighted by molar-refractivity contribution is 5.78. The number of carbonyl (C=O) groups is 2. The third-order valence-electron chi connectivity index (χ3n) is 5.27. The number of esters is 1. The Morgan fingerprint density at radius 1 is 1.11 bits per heavy atom. The zero-order valence-corrected chi connectivity index (χ0v) is 16.7. The molecule has 6 heteroatoms. The van der Waals surface area contributed by atoms with E-state index in [4.69, 9.17) is 4.74 Å². The predicted molar refractivity (Wildman–Crippen MR) is 108 cm³/mol. The summed E-state index contributed by atoms with van der Waals surface area (Å²) in [7, 11) is 5.39. The van der Waals surface area contributed by atoms with Crippen LogP contribution >= 0.6 is 0 Å². The Morgan fingerprint density at radius 3 is 2.43 bits per heavy atom. The molecule has 0 bridgehead atoms. The summed E-state index contributed by atoms with van der Waals surface area (Å²) >= 11 is 0. The molecule has 0 saturated heterocycles. The molecule has 0 aromatic heterocycles. The van der Waals surface area contributed by atoms with E-state index in [9.17, 15) is 9.59 Å². The van der Waals surface area contributed by atoms with Gasteiger partial charge in [-0.15, -0.1) is 0 Å². The van der Waals surface area contributed by atoms with Gasteiger partial charge in [0.25, 0.3) is 5.91 Å². The average molecular weight is 382 g/mol. The molecule has 2 N–H and O–H groups in total. The highest BCUT2D eigenvalue weighted by atomic mass is 16.5. The van der Waals surface area contributed by atoms with Crippen LogP contribution in [0.3, 0.4) is 0 Å². The minimum absolute atomic E-state index is 0.0695. The maximum atomic E-state index is 12.5. The molecule has 0 aliphatic carbocycles. The molecule has 2 aromatic carbocycles. The lowest BCUT2D eigenvalue weighted by atomic mass is 9.94. The molecule has 1 amide bonds. The maximum absolute atomic E-state index is 12.5. The Balaban J connectivity index is 1.62. The molecule has 0 spiro atoms. The first-order valence-corrected chi connectivity index (χ1v) is 9.50. The summed E-state index contributed by atoms with van der Waals surface area (Å²) in [4.78, 5) is 27.7. The van der Waals surface area contributed by atoms with Gasteiger partial charge in [-0.05, 0) is 23.3 Å². The molecule has 1 heterocycles. The number of anilines is 1. The molecule has 0 saturated carbocycles. The second kappa shape index (κ2) is 8.89. The first-order chi connectivity index (χ1) is 13.5. The van der Waals surface area contributed by atoms with E-state index in [-0.39, 0.29) is 24.5 Å². The van der Waals surface area contributed by atoms with E-state index in [1.54, 1.807) is 0 Å². The SMILES string of the molecule is COC(=O)[C@H]1Cc2ccccc2C[NH+]1CC(=O)NCc1ccc(N(C)C)cc1. The van der Waals surface area contributed by atoms with Crippen LogP contribution in [0.1, 0.15) is 16.7 Å². The number of hydrogen-bond donors (Lipinski definition) is 2. The molecule has 3 rings (SSSR count). The van der Waals surface area contributed by atoms with E-state index in [0.29, 0.717) is 19.5 Å². The summed E-state index contributed by atoms with van der Waals surface area (Å²) in [5.74, 6) is -0.337. The molecule has 28 heavy (non-hydrogen) atoms. The van der Waals surface area contributed by atoms with E-state index >= 15 is 0 Å². The molecule has 2 aromatic rings. The number of quaternary nitrogens is 1. The summed E-state index contributed by atoms with van der Waals surface area (Å²) < 4.78 is 4.98. The van der Waals surface area contributed by atoms with Crippen molar-refractivity contribution in [2.75, 3.05) is 32.6 Å². The first kappa shape index (κ1) is 19.9. The van der Waals surface area contributed by atoms with E-state index in [2.05, 4.69) is 11.4 Å². The lowest BCUT2D eigenvalue weighted by Crippen LogP contribution is -3.17. The molecule has 2 atom stereocenters. The summed E-state index contributed by atoms with van der Waals surface area (Å²) in [6, 6.07) is 15.8. The van der Waals surface area contributed by atoms with Crippen LogP contribution in [0.25, 0.3) is 0 Å². The van der Waals surface area contributed by atoms with Gasteiger partial charge in [-0.2, -0.15) is 0 Å². The summed E-state index contributed by atoms with van der Waals surface area (Å²) in [6.45, 7) is 1.35. The molecule has 1 aliphatic rings. The van der Waals surface area contributed by atoms with Crippen molar-refractivity contribution in [3.05, 3.63) is 65.2 Å². The second-order valence-electron chi connectivity index (χ2n) is 7.40. The van der Waals surface area contributed by atoms with Gasteiger partial charge in [0, 0.05) is 38.3 Å². The van der Waals surface area contributed by atoms with Crippen molar-refractivity contribution in [3.8, 4) is 0 Å². The third-order valence-corrected chi connectivity index (χ3v) is 5.27. The number of hydrogen-bond acceptors (Lipinski definition) is 4. The van der Waals surface area contributed by atoms with Crippen molar-refractivity contribution in [1.82, 2.24) is 5.32 Å². The summed E-state index contributed by atoms with van der Waals surface area (Å²) in [6.07, 6.45) is 0.595. The quantitative estimate of drug-likeness (QED) is 0.717. The normalized spacial score (nSPS) is 18.1. The van der Waals surface area contributed by atoms with E-state index in [0.717, 1.165) is 21.7 Å². The van der Waals surface area contributed by atoms with Gasteiger partial charge >= 0.3 is 5.97 Å². The number of methoxy groups -OCH3 is 1. The smallest absolute Gasteiger partial charge is 0.365 e. The fourth-order valence-electron chi connectivity index (χ4n) is 3.62. The topological polar surface area (TPSA) is 63.1 Å². The lowest BCUT2D eigenvalue weighted by Gasteiger charge is -2.31. The van der Waals surface area contributed by atoms with Gasteiger partial charge in [0.05, 0.1) is 7.11 Å². The van der Waals surface area contributed by atoms with Gasteiger partial charge in [0.2, 0.25) is 0 Å². The minimum atomic E-state index is -0.356. The van der Waals surface area contributed by atoms with Crippen molar-refractivity contribution >= 4 is 17.6 Å². The standard InChI is InChI=1S/C22H27N3O3/c1-24(2)19-10-8-16(9-11-19)13-23-21(26)15-25-14-18-7-5-4-6-17(18)12-20(25)22(27)28-3/h4-11,20H,12-15H2,1-3H3,(H,23,26)/p+1/t20-/m1/s1. The second-order valence-corrected chi connectivity index (χ2v) is 7.40. The van der Waals surface area contributed by atoms with E-state index in [1.807, 2.05) is 61.5 Å². The molecule has 0 radical (unpaired) electrons. The van der Waals surface area contributed by atoms with Crippen LogP contribution in [0.4, 0.5) is 5.69 Å². The van der Waals surface area contributed by atoms with E-state index < -0.39 is 0 Å². The lowest BCUT2D eigenvalue weighted by molar-refractivity contribution is -0.924. The molecule has 1 aliphatic heterocycles. The van der Waals surface area contributed by atoms with Gasteiger partial charge in [0.1, 0.15) is 6.54 Å². The molecular formula is C22H28N3O3+. The highest BCUT2D eigenvalue weighted by Gasteiger charge is 2.36. The van der Waals surface area contributed by atoms with Gasteiger partial charge < -0.3 is 19.9 Å². The fraction of sp³-hybridized carbons (Fsp3) is 0.364. The van der Waals surface area contributed by atoms with Gasteiger partial charge in [-0.25, -0.2) is 4.79 Å². The highest BCUT2D eigenvalue weighted by Crippen LogP contribution is 2.14. The third kappa shape index (κ3) is 4.70. The predicted octanol–water partition coefficient (Wildman–Crippen LogP) is 0.552. The summed E-state index contributed by atoms with van der Waals surface area (Å²) in [5, 5.41) is 2.97. The van der Waals surface area contributed by atoms with Crippen molar-refractivity contribution in [2.24, 2.45) is 0 Å². The monoisotopic (exact) mass is 382 g/mol. The van der Waals surface area contributed by atoms with Crippen molar-refractivity contribution < 1.29 is 19.2 Å². The van der Waals surface area contributed by atoms with Crippen LogP contribution in [-0.4, -0.2) is 45.7 Å². The zero-order chi connectivity index (χ0) is 20.1. The Labute approximate surface area is 166 Å². The number of fused-ring (bicyclic) bond motifs is 1. The number of amides is 1. The first-order valence-electron chi connectivity index (χ1n) is 9.50. The summed E-state index contributed by atoms with van der Waals surface area (Å²) in [5.41, 5.74) is 4.50. The Bertz CT molecular complexity index is 833. The minimum Gasteiger partial charge on any atom is -0.465 e. The van der Waals surface area contributed by atoms with Gasteiger partial charge in [-0.1, -0.05) is 36.4 Å². The van der Waals surface area contributed by atoms with Crippen LogP contribution < -0.4 is 15.1 Å². The number of rotatable bonds is 6. The van der Waals surface area contributed by atoms with Crippen LogP contribution in [0.2, 0.25) is 0 Å². The molecule has 148 valence electrons. The molecular weight excluding hydrogens is 354 g/mol. The largest absolute Gasteiger partial charge is 0.465 e. The van der Waals surface area contributed by atoms with Crippen LogP contribution in [0, 0.1) is 0 Å². The number of carbonyl (C=O) groups excluding carboxylic acids is 2. The Hall–Kier alpha value is -2.86. The van der Waals surface area contributed by atoms with Crippen LogP contribution in [-0.2, 0) is 33.8 Å². The number of nitrogens with zero attached hydrogens (tertiary/aromatic N) is 1. The Kier molecular flexibility index (Phi) is 6.31. The van der Waals surface area contributed by atoms with Crippen molar-refractivity contribution in [1.29, 1.82) is 0 Å².